The molecule has 24 heavy (non-hydrogen) atoms. The van der Waals surface area contributed by atoms with Crippen molar-refractivity contribution in [2.24, 2.45) is 5.10 Å². The summed E-state index contributed by atoms with van der Waals surface area (Å²) in [6, 6.07) is 0. The number of piperazine rings is 1. The van der Waals surface area contributed by atoms with Crippen molar-refractivity contribution >= 4 is 6.21 Å². The number of H-pyrrole nitrogens is 1. The van der Waals surface area contributed by atoms with Crippen molar-refractivity contribution in [2.75, 3.05) is 33.2 Å². The zero-order valence-corrected chi connectivity index (χ0v) is 14.5. The first-order chi connectivity index (χ1) is 11.5. The summed E-state index contributed by atoms with van der Waals surface area (Å²) in [7, 11) is 2.05. The van der Waals surface area contributed by atoms with Gasteiger partial charge in [0.15, 0.2) is 0 Å². The maximum atomic E-state index is 12.0. The summed E-state index contributed by atoms with van der Waals surface area (Å²) in [5.74, 6) is -0.307. The van der Waals surface area contributed by atoms with Gasteiger partial charge in [-0.05, 0) is 13.5 Å². The van der Waals surface area contributed by atoms with E-state index in [0.29, 0.717) is 6.54 Å². The Morgan fingerprint density at radius 2 is 1.88 bits per heavy atom. The second kappa shape index (κ2) is 8.68. The molecule has 1 aliphatic rings. The lowest BCUT2D eigenvalue weighted by atomic mass is 10.2. The quantitative estimate of drug-likeness (QED) is 0.555. The molecule has 0 spiro atoms. The van der Waals surface area contributed by atoms with Gasteiger partial charge >= 0.3 is 5.69 Å². The highest BCUT2D eigenvalue weighted by molar-refractivity contribution is 5.81. The molecular formula is C16H27N5O3. The number of unbranched alkanes of at least 4 members (excludes halogenated alkanes) is 3. The van der Waals surface area contributed by atoms with Crippen molar-refractivity contribution in [2.45, 2.75) is 39.2 Å². The highest BCUT2D eigenvalue weighted by Crippen LogP contribution is 2.10. The van der Waals surface area contributed by atoms with Crippen molar-refractivity contribution in [3.63, 3.8) is 0 Å². The first-order valence-electron chi connectivity index (χ1n) is 8.56. The van der Waals surface area contributed by atoms with E-state index in [2.05, 4.69) is 21.9 Å². The average molecular weight is 337 g/mol. The predicted octanol–water partition coefficient (Wildman–Crippen LogP) is 0.404. The molecule has 8 nitrogen and oxygen atoms in total. The molecule has 1 aromatic rings. The van der Waals surface area contributed by atoms with Crippen LogP contribution >= 0.6 is 0 Å². The molecule has 0 aliphatic carbocycles. The smallest absolute Gasteiger partial charge is 0.331 e. The summed E-state index contributed by atoms with van der Waals surface area (Å²) < 4.78 is 1.21. The van der Waals surface area contributed by atoms with Gasteiger partial charge in [-0.25, -0.2) is 4.79 Å². The second-order valence-electron chi connectivity index (χ2n) is 6.21. The van der Waals surface area contributed by atoms with Gasteiger partial charge in [-0.2, -0.15) is 5.10 Å². The number of rotatable bonds is 7. The van der Waals surface area contributed by atoms with Crippen molar-refractivity contribution in [3.8, 4) is 5.88 Å². The Morgan fingerprint density at radius 3 is 2.54 bits per heavy atom. The van der Waals surface area contributed by atoms with Crippen LogP contribution in [0.25, 0.3) is 0 Å². The highest BCUT2D eigenvalue weighted by Gasteiger charge is 2.14. The lowest BCUT2D eigenvalue weighted by Crippen LogP contribution is -2.42. The van der Waals surface area contributed by atoms with E-state index in [4.69, 9.17) is 0 Å². The summed E-state index contributed by atoms with van der Waals surface area (Å²) >= 11 is 0. The first kappa shape index (κ1) is 18.3. The molecule has 134 valence electrons. The highest BCUT2D eigenvalue weighted by atomic mass is 16.3. The number of aromatic hydroxyl groups is 1. The Kier molecular flexibility index (Phi) is 6.60. The molecule has 8 heteroatoms. The topological polar surface area (TPSA) is 93.9 Å². The van der Waals surface area contributed by atoms with E-state index < -0.39 is 11.2 Å². The molecule has 0 saturated carbocycles. The average Bonchev–Trinajstić information content (AvgIpc) is 2.55. The van der Waals surface area contributed by atoms with Crippen molar-refractivity contribution in [1.29, 1.82) is 0 Å². The lowest BCUT2D eigenvalue weighted by molar-refractivity contribution is 0.159. The van der Waals surface area contributed by atoms with E-state index in [9.17, 15) is 14.7 Å². The fraction of sp³-hybridized carbons (Fsp3) is 0.688. The molecule has 0 radical (unpaired) electrons. The van der Waals surface area contributed by atoms with Gasteiger partial charge < -0.3 is 10.0 Å². The molecule has 0 bridgehead atoms. The maximum Gasteiger partial charge on any atom is 0.331 e. The number of aromatic nitrogens is 2. The van der Waals surface area contributed by atoms with E-state index in [-0.39, 0.29) is 11.4 Å². The van der Waals surface area contributed by atoms with Crippen LogP contribution in [-0.2, 0) is 6.54 Å². The number of hydrazone groups is 1. The zero-order valence-electron chi connectivity index (χ0n) is 14.5. The molecule has 0 amide bonds. The van der Waals surface area contributed by atoms with Gasteiger partial charge in [0.05, 0.1) is 6.21 Å². The number of aromatic amines is 1. The van der Waals surface area contributed by atoms with Gasteiger partial charge in [-0.1, -0.05) is 26.2 Å². The number of likely N-dealkylation sites (N-methyl/N-ethyl adjacent to an activating group) is 1. The van der Waals surface area contributed by atoms with Crippen LogP contribution in [0.15, 0.2) is 14.7 Å². The SMILES string of the molecule is CCCCCCn1c(O)c(C=NN2CCN(C)CC2)c(=O)[nH]c1=O. The third-order valence-corrected chi connectivity index (χ3v) is 4.27. The molecule has 1 saturated heterocycles. The van der Waals surface area contributed by atoms with E-state index in [1.54, 1.807) is 0 Å². The maximum absolute atomic E-state index is 12.0. The second-order valence-corrected chi connectivity index (χ2v) is 6.21. The zero-order chi connectivity index (χ0) is 17.5. The van der Waals surface area contributed by atoms with Crippen LogP contribution in [0, 0.1) is 0 Å². The summed E-state index contributed by atoms with van der Waals surface area (Å²) in [6.45, 7) is 5.82. The van der Waals surface area contributed by atoms with Gasteiger partial charge in [-0.3, -0.25) is 19.4 Å². The molecule has 0 unspecified atom stereocenters. The van der Waals surface area contributed by atoms with Gasteiger partial charge in [0.25, 0.3) is 5.56 Å². The fourth-order valence-electron chi connectivity index (χ4n) is 2.65. The number of hydrogen-bond donors (Lipinski definition) is 2. The number of hydrogen-bond acceptors (Lipinski definition) is 6. The Morgan fingerprint density at radius 1 is 1.17 bits per heavy atom. The van der Waals surface area contributed by atoms with Crippen LogP contribution in [-0.4, -0.2) is 64.0 Å². The number of nitrogens with zero attached hydrogens (tertiary/aromatic N) is 4. The minimum Gasteiger partial charge on any atom is -0.494 e. The minimum atomic E-state index is -0.611. The molecular weight excluding hydrogens is 310 g/mol. The molecule has 1 aromatic heterocycles. The van der Waals surface area contributed by atoms with Crippen LogP contribution in [0.4, 0.5) is 0 Å². The lowest BCUT2D eigenvalue weighted by Gasteiger charge is -2.30. The van der Waals surface area contributed by atoms with Crippen LogP contribution in [0.2, 0.25) is 0 Å². The summed E-state index contributed by atoms with van der Waals surface area (Å²) in [5.41, 5.74) is -1.16. The summed E-state index contributed by atoms with van der Waals surface area (Å²) in [6.07, 6.45) is 5.28. The molecule has 0 atom stereocenters. The summed E-state index contributed by atoms with van der Waals surface area (Å²) in [5, 5.41) is 16.4. The molecule has 1 aliphatic heterocycles. The van der Waals surface area contributed by atoms with E-state index >= 15 is 0 Å². The van der Waals surface area contributed by atoms with Crippen molar-refractivity contribution in [3.05, 3.63) is 26.4 Å². The first-order valence-corrected chi connectivity index (χ1v) is 8.56. The molecule has 2 N–H and O–H groups in total. The molecule has 0 aromatic carbocycles. The third-order valence-electron chi connectivity index (χ3n) is 4.27. The van der Waals surface area contributed by atoms with Crippen LogP contribution in [0.3, 0.4) is 0 Å². The van der Waals surface area contributed by atoms with Gasteiger partial charge in [-0.15, -0.1) is 0 Å². The van der Waals surface area contributed by atoms with Gasteiger partial charge in [0, 0.05) is 32.7 Å². The minimum absolute atomic E-state index is 0.0315. The predicted molar refractivity (Wildman–Crippen MR) is 93.8 cm³/mol. The third kappa shape index (κ3) is 4.70. The Hall–Kier alpha value is -2.09. The molecule has 1 fully saturated rings. The van der Waals surface area contributed by atoms with E-state index in [1.165, 1.54) is 10.8 Å². The summed E-state index contributed by atoms with van der Waals surface area (Å²) in [4.78, 5) is 28.3. The van der Waals surface area contributed by atoms with Crippen LogP contribution in [0.1, 0.15) is 38.2 Å². The monoisotopic (exact) mass is 337 g/mol. The van der Waals surface area contributed by atoms with Gasteiger partial charge in [0.1, 0.15) is 5.56 Å². The fourth-order valence-corrected chi connectivity index (χ4v) is 2.65. The van der Waals surface area contributed by atoms with Crippen molar-refractivity contribution in [1.82, 2.24) is 19.5 Å². The van der Waals surface area contributed by atoms with E-state index in [1.807, 2.05) is 12.1 Å². The van der Waals surface area contributed by atoms with E-state index in [0.717, 1.165) is 51.9 Å². The number of nitrogens with one attached hydrogen (secondary N) is 1. The van der Waals surface area contributed by atoms with Crippen molar-refractivity contribution < 1.29 is 5.11 Å². The van der Waals surface area contributed by atoms with Crippen LogP contribution < -0.4 is 11.2 Å². The molecule has 2 rings (SSSR count). The normalized spacial score (nSPS) is 16.2. The largest absolute Gasteiger partial charge is 0.494 e. The Labute approximate surface area is 141 Å². The molecule has 2 heterocycles. The van der Waals surface area contributed by atoms with Gasteiger partial charge in [0.2, 0.25) is 5.88 Å². The Balaban J connectivity index is 2.14. The van der Waals surface area contributed by atoms with Crippen LogP contribution in [0.5, 0.6) is 5.88 Å². The standard InChI is InChI=1S/C16H27N5O3/c1-3-4-5-6-7-21-15(23)13(14(22)18-16(21)24)12-17-20-10-8-19(2)9-11-20/h12,23H,3-11H2,1-2H3,(H,18,22,24). The Bertz CT molecular complexity index is 671.